The van der Waals surface area contributed by atoms with E-state index in [-0.39, 0.29) is 17.3 Å². The SMILES string of the molecule is Cc1c(N)nc(CCl)[nH]c1=O. The lowest BCUT2D eigenvalue weighted by atomic mass is 10.3. The molecule has 0 aliphatic rings. The number of rotatable bonds is 1. The van der Waals surface area contributed by atoms with Crippen LogP contribution in [0.1, 0.15) is 11.4 Å². The maximum Gasteiger partial charge on any atom is 0.255 e. The third kappa shape index (κ3) is 1.51. The number of hydrogen-bond donors (Lipinski definition) is 2. The third-order valence-electron chi connectivity index (χ3n) is 1.36. The highest BCUT2D eigenvalue weighted by Gasteiger charge is 2.01. The molecule has 3 N–H and O–H groups in total. The molecule has 1 heterocycles. The Kier molecular flexibility index (Phi) is 2.14. The van der Waals surface area contributed by atoms with Gasteiger partial charge in [0.15, 0.2) is 0 Å². The summed E-state index contributed by atoms with van der Waals surface area (Å²) in [7, 11) is 0. The molecule has 0 unspecified atom stereocenters. The molecule has 0 amide bonds. The van der Waals surface area contributed by atoms with Crippen LogP contribution in [0.2, 0.25) is 0 Å². The van der Waals surface area contributed by atoms with Crippen molar-refractivity contribution in [1.82, 2.24) is 9.97 Å². The van der Waals surface area contributed by atoms with Crippen LogP contribution in [0.5, 0.6) is 0 Å². The van der Waals surface area contributed by atoms with Gasteiger partial charge in [-0.2, -0.15) is 0 Å². The third-order valence-corrected chi connectivity index (χ3v) is 1.62. The van der Waals surface area contributed by atoms with Gasteiger partial charge in [0.1, 0.15) is 11.6 Å². The highest BCUT2D eigenvalue weighted by molar-refractivity contribution is 6.16. The molecular weight excluding hydrogens is 166 g/mol. The number of nitrogens with one attached hydrogen (secondary N) is 1. The zero-order valence-electron chi connectivity index (χ0n) is 6.02. The maximum atomic E-state index is 11.0. The predicted octanol–water partition coefficient (Wildman–Crippen LogP) is 0.399. The smallest absolute Gasteiger partial charge is 0.255 e. The zero-order chi connectivity index (χ0) is 8.43. The number of nitrogen functional groups attached to an aromatic ring is 1. The van der Waals surface area contributed by atoms with Gasteiger partial charge < -0.3 is 10.7 Å². The van der Waals surface area contributed by atoms with Gasteiger partial charge in [-0.15, -0.1) is 11.6 Å². The molecule has 60 valence electrons. The normalized spacial score (nSPS) is 10.0. The fourth-order valence-corrected chi connectivity index (χ4v) is 0.788. The second-order valence-electron chi connectivity index (χ2n) is 2.16. The molecule has 1 rings (SSSR count). The molecule has 1 aromatic heterocycles. The van der Waals surface area contributed by atoms with E-state index in [2.05, 4.69) is 9.97 Å². The van der Waals surface area contributed by atoms with Gasteiger partial charge in [-0.1, -0.05) is 0 Å². The van der Waals surface area contributed by atoms with Gasteiger partial charge in [-0.3, -0.25) is 4.79 Å². The predicted molar refractivity (Wildman–Crippen MR) is 43.6 cm³/mol. The molecule has 5 heteroatoms. The van der Waals surface area contributed by atoms with Crippen LogP contribution in [0.25, 0.3) is 0 Å². The van der Waals surface area contributed by atoms with Gasteiger partial charge >= 0.3 is 0 Å². The van der Waals surface area contributed by atoms with Gasteiger partial charge in [-0.25, -0.2) is 4.98 Å². The van der Waals surface area contributed by atoms with Crippen molar-refractivity contribution < 1.29 is 0 Å². The topological polar surface area (TPSA) is 71.8 Å². The Morgan fingerprint density at radius 1 is 1.73 bits per heavy atom. The average Bonchev–Trinajstić information content (AvgIpc) is 1.99. The van der Waals surface area contributed by atoms with Crippen molar-refractivity contribution in [2.24, 2.45) is 0 Å². The van der Waals surface area contributed by atoms with E-state index < -0.39 is 0 Å². The molecular formula is C6H8ClN3O. The van der Waals surface area contributed by atoms with Crippen molar-refractivity contribution in [3.8, 4) is 0 Å². The van der Waals surface area contributed by atoms with Gasteiger partial charge in [-0.05, 0) is 6.92 Å². The highest BCUT2D eigenvalue weighted by atomic mass is 35.5. The molecule has 0 fully saturated rings. The number of hydrogen-bond acceptors (Lipinski definition) is 3. The number of alkyl halides is 1. The molecule has 0 aliphatic carbocycles. The van der Waals surface area contributed by atoms with Crippen LogP contribution >= 0.6 is 11.6 Å². The lowest BCUT2D eigenvalue weighted by Crippen LogP contribution is -2.16. The summed E-state index contributed by atoms with van der Waals surface area (Å²) in [6.45, 7) is 1.61. The summed E-state index contributed by atoms with van der Waals surface area (Å²) in [4.78, 5) is 17.3. The van der Waals surface area contributed by atoms with Crippen LogP contribution in [0.4, 0.5) is 5.82 Å². The molecule has 0 radical (unpaired) electrons. The highest BCUT2D eigenvalue weighted by Crippen LogP contribution is 2.01. The lowest BCUT2D eigenvalue weighted by Gasteiger charge is -1.99. The Hall–Kier alpha value is -1.03. The Bertz CT molecular complexity index is 320. The molecule has 0 saturated heterocycles. The minimum absolute atomic E-state index is 0.166. The second kappa shape index (κ2) is 2.92. The number of aromatic nitrogens is 2. The average molecular weight is 174 g/mol. The fraction of sp³-hybridized carbons (Fsp3) is 0.333. The fourth-order valence-electron chi connectivity index (χ4n) is 0.662. The van der Waals surface area contributed by atoms with E-state index in [1.807, 2.05) is 0 Å². The van der Waals surface area contributed by atoms with Crippen molar-refractivity contribution in [2.45, 2.75) is 12.8 Å². The van der Waals surface area contributed by atoms with Crippen LogP contribution in [-0.2, 0) is 5.88 Å². The van der Waals surface area contributed by atoms with Crippen molar-refractivity contribution in [3.63, 3.8) is 0 Å². The first-order valence-electron chi connectivity index (χ1n) is 3.06. The lowest BCUT2D eigenvalue weighted by molar-refractivity contribution is 0.985. The van der Waals surface area contributed by atoms with Crippen LogP contribution in [0.15, 0.2) is 4.79 Å². The number of aromatic amines is 1. The van der Waals surface area contributed by atoms with Crippen molar-refractivity contribution in [3.05, 3.63) is 21.7 Å². The molecule has 0 atom stereocenters. The van der Waals surface area contributed by atoms with Crippen LogP contribution in [0.3, 0.4) is 0 Å². The summed E-state index contributed by atoms with van der Waals surface area (Å²) in [6, 6.07) is 0. The van der Waals surface area contributed by atoms with E-state index in [9.17, 15) is 4.79 Å². The molecule has 0 aliphatic heterocycles. The van der Waals surface area contributed by atoms with E-state index in [1.165, 1.54) is 0 Å². The number of nitrogens with zero attached hydrogens (tertiary/aromatic N) is 1. The summed E-state index contributed by atoms with van der Waals surface area (Å²) < 4.78 is 0. The quantitative estimate of drug-likeness (QED) is 0.604. The Labute approximate surface area is 68.4 Å². The molecule has 0 spiro atoms. The Morgan fingerprint density at radius 2 is 2.36 bits per heavy atom. The maximum absolute atomic E-state index is 11.0. The van der Waals surface area contributed by atoms with Crippen molar-refractivity contribution in [2.75, 3.05) is 5.73 Å². The number of anilines is 1. The van der Waals surface area contributed by atoms with E-state index in [4.69, 9.17) is 17.3 Å². The van der Waals surface area contributed by atoms with Gasteiger partial charge in [0, 0.05) is 0 Å². The zero-order valence-corrected chi connectivity index (χ0v) is 6.77. The summed E-state index contributed by atoms with van der Waals surface area (Å²) in [5.74, 6) is 0.809. The molecule has 0 aromatic carbocycles. The first kappa shape index (κ1) is 8.07. The summed E-state index contributed by atoms with van der Waals surface area (Å²) >= 11 is 5.44. The molecule has 11 heavy (non-hydrogen) atoms. The van der Waals surface area contributed by atoms with Crippen LogP contribution in [0, 0.1) is 6.92 Å². The van der Waals surface area contributed by atoms with E-state index in [1.54, 1.807) is 6.92 Å². The van der Waals surface area contributed by atoms with Crippen molar-refractivity contribution in [1.29, 1.82) is 0 Å². The van der Waals surface area contributed by atoms with Crippen molar-refractivity contribution >= 4 is 17.4 Å². The second-order valence-corrected chi connectivity index (χ2v) is 2.42. The van der Waals surface area contributed by atoms with Gasteiger partial charge in [0.25, 0.3) is 5.56 Å². The monoisotopic (exact) mass is 173 g/mol. The first-order chi connectivity index (χ1) is 5.15. The minimum Gasteiger partial charge on any atom is -0.383 e. The Morgan fingerprint density at radius 3 is 2.82 bits per heavy atom. The molecule has 1 aromatic rings. The number of nitrogens with two attached hydrogens (primary N) is 1. The van der Waals surface area contributed by atoms with Crippen LogP contribution in [-0.4, -0.2) is 9.97 Å². The largest absolute Gasteiger partial charge is 0.383 e. The number of halogens is 1. The standard InChI is InChI=1S/C6H8ClN3O/c1-3-5(8)9-4(2-7)10-6(3)11/h2H2,1H3,(H3,8,9,10,11). The molecule has 0 saturated carbocycles. The summed E-state index contributed by atoms with van der Waals surface area (Å²) in [5, 5.41) is 0. The minimum atomic E-state index is -0.229. The molecule has 0 bridgehead atoms. The van der Waals surface area contributed by atoms with Gasteiger partial charge in [0.2, 0.25) is 0 Å². The Balaban J connectivity index is 3.32. The van der Waals surface area contributed by atoms with E-state index in [0.29, 0.717) is 11.4 Å². The van der Waals surface area contributed by atoms with E-state index >= 15 is 0 Å². The van der Waals surface area contributed by atoms with E-state index in [0.717, 1.165) is 0 Å². The number of H-pyrrole nitrogens is 1. The van der Waals surface area contributed by atoms with Crippen LogP contribution < -0.4 is 11.3 Å². The summed E-state index contributed by atoms with van der Waals surface area (Å²) in [6.07, 6.45) is 0. The molecule has 4 nitrogen and oxygen atoms in total. The summed E-state index contributed by atoms with van der Waals surface area (Å²) in [5.41, 5.74) is 5.61. The van der Waals surface area contributed by atoms with Gasteiger partial charge in [0.05, 0.1) is 11.4 Å². The first-order valence-corrected chi connectivity index (χ1v) is 3.60.